The van der Waals surface area contributed by atoms with Crippen molar-refractivity contribution in [2.24, 2.45) is 0 Å². The first-order valence-electron chi connectivity index (χ1n) is 8.05. The molecular weight excluding hydrogens is 378 g/mol. The summed E-state index contributed by atoms with van der Waals surface area (Å²) >= 11 is 5.79. The van der Waals surface area contributed by atoms with Gasteiger partial charge in [0.25, 0.3) is 10.0 Å². The van der Waals surface area contributed by atoms with E-state index in [2.05, 4.69) is 4.72 Å². The van der Waals surface area contributed by atoms with Gasteiger partial charge in [0, 0.05) is 11.1 Å². The maximum Gasteiger partial charge on any atom is 0.264 e. The predicted molar refractivity (Wildman–Crippen MR) is 99.3 cm³/mol. The molecule has 0 aromatic heterocycles. The molecule has 0 aliphatic rings. The van der Waals surface area contributed by atoms with E-state index in [9.17, 15) is 13.2 Å². The van der Waals surface area contributed by atoms with Crippen molar-refractivity contribution >= 4 is 27.5 Å². The van der Waals surface area contributed by atoms with Gasteiger partial charge in [-0.2, -0.15) is 0 Å². The summed E-state index contributed by atoms with van der Waals surface area (Å²) in [6, 6.07) is 10.8. The Morgan fingerprint density at radius 2 is 1.62 bits per heavy atom. The summed E-state index contributed by atoms with van der Waals surface area (Å²) in [5, 5.41) is 0.541. The highest BCUT2D eigenvalue weighted by Gasteiger charge is 2.20. The first-order chi connectivity index (χ1) is 12.4. The molecule has 8 heteroatoms. The zero-order chi connectivity index (χ0) is 19.2. The maximum atomic E-state index is 12.5. The number of nitrogens with one attached hydrogen (secondary N) is 1. The smallest absolute Gasteiger partial charge is 0.264 e. The number of hydrogen-bond acceptors (Lipinski definition) is 5. The number of carbonyl (C=O) groups is 1. The topological polar surface area (TPSA) is 81.7 Å². The fraction of sp³-hybridized carbons (Fsp3) is 0.278. The van der Waals surface area contributed by atoms with Gasteiger partial charge >= 0.3 is 0 Å². The third-order valence-electron chi connectivity index (χ3n) is 3.35. The molecule has 0 unspecified atom stereocenters. The zero-order valence-electron chi connectivity index (χ0n) is 14.5. The lowest BCUT2D eigenvalue weighted by Gasteiger charge is -2.13. The van der Waals surface area contributed by atoms with E-state index in [0.717, 1.165) is 0 Å². The van der Waals surface area contributed by atoms with Crippen LogP contribution >= 0.6 is 11.6 Å². The van der Waals surface area contributed by atoms with Crippen LogP contribution in [0.15, 0.2) is 47.4 Å². The Kier molecular flexibility index (Phi) is 6.88. The summed E-state index contributed by atoms with van der Waals surface area (Å²) in [4.78, 5) is 12.0. The Morgan fingerprint density at radius 1 is 1.00 bits per heavy atom. The summed E-state index contributed by atoms with van der Waals surface area (Å²) < 4.78 is 37.8. The van der Waals surface area contributed by atoms with Crippen LogP contribution in [-0.2, 0) is 21.2 Å². The molecule has 1 amide bonds. The largest absolute Gasteiger partial charge is 0.490 e. The van der Waals surface area contributed by atoms with E-state index in [1.54, 1.807) is 31.2 Å². The highest BCUT2D eigenvalue weighted by Crippen LogP contribution is 2.30. The molecule has 0 aliphatic heterocycles. The van der Waals surface area contributed by atoms with E-state index >= 15 is 0 Å². The van der Waals surface area contributed by atoms with Gasteiger partial charge in [-0.05, 0) is 43.7 Å². The minimum absolute atomic E-state index is 0.0751. The number of amides is 1. The summed E-state index contributed by atoms with van der Waals surface area (Å²) in [6.45, 7) is 4.37. The molecule has 0 bridgehead atoms. The Bertz CT molecular complexity index is 866. The Morgan fingerprint density at radius 3 is 2.23 bits per heavy atom. The SMILES string of the molecule is CCOc1ccc(S(=O)(=O)NC(=O)Cc2ccc(Cl)cc2)cc1OCC. The summed E-state index contributed by atoms with van der Waals surface area (Å²) in [6.07, 6.45) is -0.0776. The van der Waals surface area contributed by atoms with Gasteiger partial charge in [-0.15, -0.1) is 0 Å². The number of ether oxygens (including phenoxy) is 2. The Balaban J connectivity index is 2.16. The fourth-order valence-corrected chi connectivity index (χ4v) is 3.36. The van der Waals surface area contributed by atoms with Gasteiger partial charge in [-0.25, -0.2) is 13.1 Å². The van der Waals surface area contributed by atoms with Crippen LogP contribution in [0.25, 0.3) is 0 Å². The molecule has 0 saturated carbocycles. The van der Waals surface area contributed by atoms with Gasteiger partial charge in [0.2, 0.25) is 5.91 Å². The van der Waals surface area contributed by atoms with Crippen molar-refractivity contribution in [3.8, 4) is 11.5 Å². The van der Waals surface area contributed by atoms with Crippen molar-refractivity contribution in [3.05, 3.63) is 53.1 Å². The van der Waals surface area contributed by atoms with Crippen LogP contribution in [0.5, 0.6) is 11.5 Å². The van der Waals surface area contributed by atoms with Gasteiger partial charge in [0.05, 0.1) is 24.5 Å². The quantitative estimate of drug-likeness (QED) is 0.739. The zero-order valence-corrected chi connectivity index (χ0v) is 16.1. The minimum atomic E-state index is -4.02. The van der Waals surface area contributed by atoms with Crippen molar-refractivity contribution < 1.29 is 22.7 Å². The van der Waals surface area contributed by atoms with Crippen molar-refractivity contribution in [1.82, 2.24) is 4.72 Å². The molecule has 26 heavy (non-hydrogen) atoms. The highest BCUT2D eigenvalue weighted by molar-refractivity contribution is 7.90. The third-order valence-corrected chi connectivity index (χ3v) is 4.97. The molecule has 2 aromatic rings. The summed E-state index contributed by atoms with van der Waals surface area (Å²) in [7, 11) is -4.02. The Hall–Kier alpha value is -2.25. The number of halogens is 1. The Labute approximate surface area is 158 Å². The summed E-state index contributed by atoms with van der Waals surface area (Å²) in [5.74, 6) is 0.113. The molecule has 2 rings (SSSR count). The number of rotatable bonds is 8. The van der Waals surface area contributed by atoms with Crippen molar-refractivity contribution in [1.29, 1.82) is 0 Å². The number of carbonyl (C=O) groups excluding carboxylic acids is 1. The van der Waals surface area contributed by atoms with Gasteiger partial charge in [-0.3, -0.25) is 4.79 Å². The average molecular weight is 398 g/mol. The fourth-order valence-electron chi connectivity index (χ4n) is 2.23. The molecule has 140 valence electrons. The van der Waals surface area contributed by atoms with Crippen LogP contribution in [0.3, 0.4) is 0 Å². The van der Waals surface area contributed by atoms with E-state index in [4.69, 9.17) is 21.1 Å². The number of sulfonamides is 1. The molecule has 0 fully saturated rings. The highest BCUT2D eigenvalue weighted by atomic mass is 35.5. The van der Waals surface area contributed by atoms with Crippen LogP contribution in [0.1, 0.15) is 19.4 Å². The second-order valence-electron chi connectivity index (χ2n) is 5.31. The molecule has 0 heterocycles. The molecule has 0 radical (unpaired) electrons. The van der Waals surface area contributed by atoms with Crippen LogP contribution in [0.2, 0.25) is 5.02 Å². The van der Waals surface area contributed by atoms with Gasteiger partial charge in [0.1, 0.15) is 0 Å². The lowest BCUT2D eigenvalue weighted by atomic mass is 10.1. The predicted octanol–water partition coefficient (Wildman–Crippen LogP) is 3.19. The molecule has 2 aromatic carbocycles. The maximum absolute atomic E-state index is 12.5. The average Bonchev–Trinajstić information content (AvgIpc) is 2.58. The van der Waals surface area contributed by atoms with E-state index in [1.807, 2.05) is 6.92 Å². The molecule has 1 N–H and O–H groups in total. The van der Waals surface area contributed by atoms with Crippen LogP contribution in [-0.4, -0.2) is 27.5 Å². The standard InChI is InChI=1S/C18H20ClNO5S/c1-3-24-16-10-9-15(12-17(16)25-4-2)26(22,23)20-18(21)11-13-5-7-14(19)8-6-13/h5-10,12H,3-4,11H2,1-2H3,(H,20,21). The van der Waals surface area contributed by atoms with Crippen molar-refractivity contribution in [2.75, 3.05) is 13.2 Å². The lowest BCUT2D eigenvalue weighted by molar-refractivity contribution is -0.118. The van der Waals surface area contributed by atoms with E-state index < -0.39 is 15.9 Å². The van der Waals surface area contributed by atoms with Crippen LogP contribution in [0, 0.1) is 0 Å². The molecule has 6 nitrogen and oxygen atoms in total. The van der Waals surface area contributed by atoms with Gasteiger partial charge < -0.3 is 9.47 Å². The molecule has 0 spiro atoms. The monoisotopic (exact) mass is 397 g/mol. The van der Waals surface area contributed by atoms with E-state index in [-0.39, 0.29) is 11.3 Å². The van der Waals surface area contributed by atoms with Crippen molar-refractivity contribution in [3.63, 3.8) is 0 Å². The molecular formula is C18H20ClNO5S. The second-order valence-corrected chi connectivity index (χ2v) is 7.43. The number of benzene rings is 2. The van der Waals surface area contributed by atoms with Crippen LogP contribution in [0.4, 0.5) is 0 Å². The number of hydrogen-bond donors (Lipinski definition) is 1. The summed E-state index contributed by atoms with van der Waals surface area (Å²) in [5.41, 5.74) is 0.656. The van der Waals surface area contributed by atoms with E-state index in [0.29, 0.717) is 35.3 Å². The lowest BCUT2D eigenvalue weighted by Crippen LogP contribution is -2.31. The normalized spacial score (nSPS) is 11.0. The molecule has 0 saturated heterocycles. The van der Waals surface area contributed by atoms with Gasteiger partial charge in [0.15, 0.2) is 11.5 Å². The van der Waals surface area contributed by atoms with Crippen LogP contribution < -0.4 is 14.2 Å². The van der Waals surface area contributed by atoms with Crippen molar-refractivity contribution in [2.45, 2.75) is 25.2 Å². The minimum Gasteiger partial charge on any atom is -0.490 e. The first kappa shape index (κ1) is 20.1. The molecule has 0 atom stereocenters. The third kappa shape index (κ3) is 5.37. The molecule has 0 aliphatic carbocycles. The first-order valence-corrected chi connectivity index (χ1v) is 9.91. The van der Waals surface area contributed by atoms with E-state index in [1.165, 1.54) is 18.2 Å². The van der Waals surface area contributed by atoms with Gasteiger partial charge in [-0.1, -0.05) is 23.7 Å². The second kappa shape index (κ2) is 8.91.